The second-order valence-electron chi connectivity index (χ2n) is 7.60. The molecule has 1 saturated heterocycles. The Bertz CT molecular complexity index is 1190. The van der Waals surface area contributed by atoms with Crippen molar-refractivity contribution in [1.82, 2.24) is 4.90 Å². The molecule has 1 aromatic heterocycles. The monoisotopic (exact) mass is 447 g/mol. The van der Waals surface area contributed by atoms with Gasteiger partial charge < -0.3 is 23.9 Å². The van der Waals surface area contributed by atoms with Crippen LogP contribution >= 0.6 is 11.6 Å². The van der Waals surface area contributed by atoms with E-state index < -0.39 is 5.82 Å². The summed E-state index contributed by atoms with van der Waals surface area (Å²) in [6, 6.07) is 7.11. The highest BCUT2D eigenvalue weighted by Gasteiger charge is 2.37. The van der Waals surface area contributed by atoms with Crippen LogP contribution in [0.25, 0.3) is 22.3 Å². The van der Waals surface area contributed by atoms with Crippen molar-refractivity contribution in [2.75, 3.05) is 34.4 Å². The number of fused-ring (bicyclic) bond motifs is 1. The van der Waals surface area contributed by atoms with Crippen LogP contribution in [0.1, 0.15) is 17.9 Å². The smallest absolute Gasteiger partial charge is 0.197 e. The van der Waals surface area contributed by atoms with E-state index in [1.54, 1.807) is 12.1 Å². The summed E-state index contributed by atoms with van der Waals surface area (Å²) in [5, 5.41) is 10.1. The number of likely N-dealkylation sites (tertiary alicyclic amines) is 1. The standard InChI is InChI=1S/C23H23ClFNO5/c1-26-8-7-12(15(26)11-27)20-18(29-2)10-19(30-3)21-16(28)9-17(31-23(20)21)13-5-4-6-14(25)22(13)24/h4-6,9-10,12,15,27H,7-8,11H2,1-3H3/t12-,15+/m1/s1. The number of methoxy groups -OCH3 is 2. The van der Waals surface area contributed by atoms with Crippen LogP contribution < -0.4 is 14.9 Å². The van der Waals surface area contributed by atoms with Gasteiger partial charge in [0.2, 0.25) is 0 Å². The molecule has 2 aromatic carbocycles. The first-order chi connectivity index (χ1) is 14.9. The van der Waals surface area contributed by atoms with Gasteiger partial charge in [0.1, 0.15) is 34.0 Å². The number of hydrogen-bond donors (Lipinski definition) is 1. The molecule has 0 unspecified atom stereocenters. The van der Waals surface area contributed by atoms with E-state index in [1.165, 1.54) is 32.4 Å². The Morgan fingerprint density at radius 1 is 1.26 bits per heavy atom. The quantitative estimate of drug-likeness (QED) is 0.636. The third-order valence-electron chi connectivity index (χ3n) is 6.00. The Morgan fingerprint density at radius 3 is 2.68 bits per heavy atom. The average molecular weight is 448 g/mol. The fraction of sp³-hybridized carbons (Fsp3) is 0.348. The van der Waals surface area contributed by atoms with Gasteiger partial charge in [-0.1, -0.05) is 17.7 Å². The van der Waals surface area contributed by atoms with Crippen LogP contribution in [0.3, 0.4) is 0 Å². The lowest BCUT2D eigenvalue weighted by Gasteiger charge is -2.25. The zero-order valence-corrected chi connectivity index (χ0v) is 18.2. The highest BCUT2D eigenvalue weighted by atomic mass is 35.5. The molecule has 0 spiro atoms. The Balaban J connectivity index is 2.07. The van der Waals surface area contributed by atoms with E-state index in [4.69, 9.17) is 25.5 Å². The lowest BCUT2D eigenvalue weighted by molar-refractivity contribution is 0.171. The molecule has 4 rings (SSSR count). The Labute approximate surface area is 183 Å². The van der Waals surface area contributed by atoms with Crippen LogP contribution in [0.2, 0.25) is 5.02 Å². The number of aliphatic hydroxyl groups is 1. The molecule has 1 aliphatic rings. The molecule has 2 heterocycles. The number of ether oxygens (including phenoxy) is 2. The molecule has 8 heteroatoms. The molecule has 0 amide bonds. The Kier molecular flexibility index (Phi) is 5.92. The van der Waals surface area contributed by atoms with Crippen molar-refractivity contribution in [2.45, 2.75) is 18.4 Å². The minimum Gasteiger partial charge on any atom is -0.496 e. The number of rotatable bonds is 5. The summed E-state index contributed by atoms with van der Waals surface area (Å²) in [7, 11) is 4.93. The van der Waals surface area contributed by atoms with Crippen molar-refractivity contribution >= 4 is 22.6 Å². The van der Waals surface area contributed by atoms with Crippen LogP contribution in [0.4, 0.5) is 4.39 Å². The van der Waals surface area contributed by atoms with Crippen LogP contribution in [-0.4, -0.2) is 50.5 Å². The molecule has 164 valence electrons. The maximum atomic E-state index is 14.1. The molecule has 0 saturated carbocycles. The Hall–Kier alpha value is -2.61. The van der Waals surface area contributed by atoms with Crippen LogP contribution in [0, 0.1) is 5.82 Å². The van der Waals surface area contributed by atoms with Gasteiger partial charge in [0.25, 0.3) is 0 Å². The minimum absolute atomic E-state index is 0.0580. The lowest BCUT2D eigenvalue weighted by Crippen LogP contribution is -2.32. The first-order valence-electron chi connectivity index (χ1n) is 9.89. The number of halogens is 2. The number of nitrogens with zero attached hydrogens (tertiary/aromatic N) is 1. The zero-order chi connectivity index (χ0) is 22.3. The SMILES string of the molecule is COc1cc(OC)c2c(=O)cc(-c3cccc(F)c3Cl)oc2c1[C@@H]1CCN(C)[C@H]1CO. The summed E-state index contributed by atoms with van der Waals surface area (Å²) < 4.78 is 31.3. The average Bonchev–Trinajstić information content (AvgIpc) is 3.13. The van der Waals surface area contributed by atoms with Crippen LogP contribution in [0.5, 0.6) is 11.5 Å². The molecular formula is C23H23ClFNO5. The third-order valence-corrected chi connectivity index (χ3v) is 6.39. The first kappa shape index (κ1) is 21.6. The molecule has 0 aliphatic carbocycles. The van der Waals surface area contributed by atoms with E-state index in [0.717, 1.165) is 13.0 Å². The number of aliphatic hydroxyl groups excluding tert-OH is 1. The second kappa shape index (κ2) is 8.49. The number of hydrogen-bond acceptors (Lipinski definition) is 6. The second-order valence-corrected chi connectivity index (χ2v) is 7.98. The van der Waals surface area contributed by atoms with E-state index in [0.29, 0.717) is 17.1 Å². The van der Waals surface area contributed by atoms with E-state index in [1.807, 2.05) is 7.05 Å². The number of likely N-dealkylation sites (N-methyl/N-ethyl adjacent to an activating group) is 1. The van der Waals surface area contributed by atoms with Crippen molar-refractivity contribution < 1.29 is 23.4 Å². The van der Waals surface area contributed by atoms with Crippen molar-refractivity contribution in [2.24, 2.45) is 0 Å². The fourth-order valence-corrected chi connectivity index (χ4v) is 4.64. The molecule has 3 aromatic rings. The molecule has 31 heavy (non-hydrogen) atoms. The first-order valence-corrected chi connectivity index (χ1v) is 10.3. The molecule has 6 nitrogen and oxygen atoms in total. The lowest BCUT2D eigenvalue weighted by atomic mass is 9.89. The third kappa shape index (κ3) is 3.56. The summed E-state index contributed by atoms with van der Waals surface area (Å²) in [5.41, 5.74) is 0.894. The van der Waals surface area contributed by atoms with Gasteiger partial charge in [-0.15, -0.1) is 0 Å². The van der Waals surface area contributed by atoms with Gasteiger partial charge in [0.15, 0.2) is 5.43 Å². The van der Waals surface area contributed by atoms with Gasteiger partial charge in [0.05, 0.1) is 25.8 Å². The summed E-state index contributed by atoms with van der Waals surface area (Å²) in [5.74, 6) is 0.204. The molecule has 1 fully saturated rings. The van der Waals surface area contributed by atoms with Crippen molar-refractivity contribution in [3.63, 3.8) is 0 Å². The van der Waals surface area contributed by atoms with Crippen molar-refractivity contribution in [3.8, 4) is 22.8 Å². The topological polar surface area (TPSA) is 72.1 Å². The van der Waals surface area contributed by atoms with Gasteiger partial charge >= 0.3 is 0 Å². The van der Waals surface area contributed by atoms with E-state index >= 15 is 0 Å². The van der Waals surface area contributed by atoms with E-state index in [9.17, 15) is 14.3 Å². The molecule has 1 N–H and O–H groups in total. The van der Waals surface area contributed by atoms with E-state index in [-0.39, 0.29) is 51.3 Å². The largest absolute Gasteiger partial charge is 0.496 e. The van der Waals surface area contributed by atoms with Gasteiger partial charge in [-0.25, -0.2) is 4.39 Å². The highest BCUT2D eigenvalue weighted by Crippen LogP contribution is 2.45. The van der Waals surface area contributed by atoms with Crippen LogP contribution in [-0.2, 0) is 0 Å². The molecule has 0 bridgehead atoms. The molecule has 1 aliphatic heterocycles. The fourth-order valence-electron chi connectivity index (χ4n) is 4.42. The summed E-state index contributed by atoms with van der Waals surface area (Å²) in [6.45, 7) is 0.712. The van der Waals surface area contributed by atoms with E-state index in [2.05, 4.69) is 4.90 Å². The van der Waals surface area contributed by atoms with Crippen LogP contribution in [0.15, 0.2) is 39.5 Å². The van der Waals surface area contributed by atoms with Crippen molar-refractivity contribution in [3.05, 3.63) is 57.0 Å². The maximum absolute atomic E-state index is 14.1. The Morgan fingerprint density at radius 2 is 2.00 bits per heavy atom. The molecular weight excluding hydrogens is 425 g/mol. The zero-order valence-electron chi connectivity index (χ0n) is 17.4. The summed E-state index contributed by atoms with van der Waals surface area (Å²) >= 11 is 6.15. The predicted octanol–water partition coefficient (Wildman–Crippen LogP) is 4.05. The molecule has 2 atom stereocenters. The van der Waals surface area contributed by atoms with Crippen molar-refractivity contribution in [1.29, 1.82) is 0 Å². The highest BCUT2D eigenvalue weighted by molar-refractivity contribution is 6.33. The minimum atomic E-state index is -0.608. The van der Waals surface area contributed by atoms with Gasteiger partial charge in [-0.3, -0.25) is 4.79 Å². The maximum Gasteiger partial charge on any atom is 0.197 e. The summed E-state index contributed by atoms with van der Waals surface area (Å²) in [6.07, 6.45) is 0.744. The summed E-state index contributed by atoms with van der Waals surface area (Å²) in [4.78, 5) is 15.2. The van der Waals surface area contributed by atoms with Gasteiger partial charge in [-0.2, -0.15) is 0 Å². The normalized spacial score (nSPS) is 19.2. The van der Waals surface area contributed by atoms with Gasteiger partial charge in [0, 0.05) is 35.2 Å². The molecule has 0 radical (unpaired) electrons. The van der Waals surface area contributed by atoms with Gasteiger partial charge in [-0.05, 0) is 32.1 Å². The predicted molar refractivity (Wildman–Crippen MR) is 117 cm³/mol. The number of benzene rings is 2.